The van der Waals surface area contributed by atoms with Crippen molar-refractivity contribution < 1.29 is 64.1 Å². The van der Waals surface area contributed by atoms with E-state index in [-0.39, 0.29) is 55.5 Å². The van der Waals surface area contributed by atoms with Crippen molar-refractivity contribution in [2.75, 3.05) is 73.9 Å². The molecule has 0 saturated carbocycles. The summed E-state index contributed by atoms with van der Waals surface area (Å²) < 4.78 is 88.2. The topological polar surface area (TPSA) is 202 Å². The second-order valence-corrected chi connectivity index (χ2v) is 18.0. The number of nitro benzene ring substituents is 1. The predicted octanol–water partition coefficient (Wildman–Crippen LogP) is 3.94. The summed E-state index contributed by atoms with van der Waals surface area (Å²) in [5.41, 5.74) is 2.62. The predicted molar refractivity (Wildman–Crippen MR) is 230 cm³/mol. The molecule has 0 bridgehead atoms. The molecule has 2 aliphatic heterocycles. The summed E-state index contributed by atoms with van der Waals surface area (Å²) in [6.45, 7) is -0.754. The van der Waals surface area contributed by atoms with E-state index in [2.05, 4.69) is 26.5 Å². The van der Waals surface area contributed by atoms with Gasteiger partial charge in [0, 0.05) is 61.0 Å². The number of allylic oxidation sites excluding steroid dienone is 2. The number of ether oxygens (including phenoxy) is 3. The number of ketones is 1. The summed E-state index contributed by atoms with van der Waals surface area (Å²) in [5.74, 6) is -3.76. The number of methoxy groups -OCH3 is 1. The molecule has 0 aliphatic carbocycles. The van der Waals surface area contributed by atoms with Crippen LogP contribution in [-0.2, 0) is 30.9 Å². The Bertz CT molecular complexity index is 2470. The third-order valence-corrected chi connectivity index (χ3v) is 11.4. The maximum atomic E-state index is 17.0. The number of benzene rings is 2. The highest BCUT2D eigenvalue weighted by atomic mass is 32.2. The fraction of sp³-hybridized carbons (Fsp3) is 0.429. The van der Waals surface area contributed by atoms with Gasteiger partial charge >= 0.3 is 12.9 Å². The molecule has 1 N–H and O–H groups in total. The molecule has 340 valence electrons. The van der Waals surface area contributed by atoms with Gasteiger partial charge in [0.25, 0.3) is 5.69 Å². The molecule has 0 saturated heterocycles. The number of amides is 1. The molecule has 1 aromatic heterocycles. The molecule has 3 aromatic rings. The average molecular weight is 899 g/mol. The highest BCUT2D eigenvalue weighted by Crippen LogP contribution is 2.40. The van der Waals surface area contributed by atoms with Crippen LogP contribution in [0, 0.1) is 17.0 Å². The molecule has 17 nitrogen and oxygen atoms in total. The number of carbonyl (C=O) groups excluding carboxylic acids is 3. The number of aryl methyl sites for hydroxylation is 2. The minimum Gasteiger partial charge on any atom is -0.748 e. The Hall–Kier alpha value is -5.77. The first kappa shape index (κ1) is 48.3. The molecule has 0 fully saturated rings. The van der Waals surface area contributed by atoms with Gasteiger partial charge in [0.15, 0.2) is 28.7 Å². The van der Waals surface area contributed by atoms with Crippen molar-refractivity contribution in [3.8, 4) is 11.5 Å². The summed E-state index contributed by atoms with van der Waals surface area (Å²) in [6, 6.07) is 11.0. The minimum atomic E-state index is -5.05. The smallest absolute Gasteiger partial charge is 0.737 e. The van der Waals surface area contributed by atoms with Crippen molar-refractivity contribution in [3.05, 3.63) is 104 Å². The number of fused-ring (bicyclic) bond motifs is 2. The summed E-state index contributed by atoms with van der Waals surface area (Å²) in [5, 5.41) is 13.8. The van der Waals surface area contributed by atoms with Crippen molar-refractivity contribution >= 4 is 52.2 Å². The van der Waals surface area contributed by atoms with Gasteiger partial charge < -0.3 is 46.2 Å². The van der Waals surface area contributed by atoms with E-state index < -0.39 is 63.6 Å². The van der Waals surface area contributed by atoms with Crippen LogP contribution in [0.3, 0.4) is 0 Å². The Morgan fingerprint density at radius 3 is 2.33 bits per heavy atom. The Balaban J connectivity index is 1.23. The molecular formula is C42H53BF2N6O11S. The van der Waals surface area contributed by atoms with Crippen LogP contribution >= 0.6 is 0 Å². The quantitative estimate of drug-likeness (QED) is 0.0290. The maximum absolute atomic E-state index is 17.0. The lowest BCUT2D eigenvalue weighted by Gasteiger charge is -2.32. The molecule has 1 unspecified atom stereocenters. The zero-order chi connectivity index (χ0) is 46.4. The number of aromatic nitrogens is 1. The Kier molecular flexibility index (Phi) is 15.1. The molecule has 21 heteroatoms. The molecule has 0 radical (unpaired) electrons. The van der Waals surface area contributed by atoms with E-state index in [9.17, 15) is 37.5 Å². The number of Topliss-reactive ketones (excluding diaryl/α,β-unsaturated/α-hetero) is 1. The SMILES string of the molecule is COc1cc(C(C)=O)c([N+](=O)[O-])cc1OCCN(C)CCOC(=O)C(CS(=O)(=O)[O-])NC(=O)CCc1cc(C)c2n1[B-](F)(F)[N+]1=C(c3ccccc3)C=C(CCC[N+](C)(C)C)C1=C2. The normalized spacial score (nSPS) is 15.0. The number of nitrogens with zero attached hydrogens (tertiary/aromatic N) is 5. The van der Waals surface area contributed by atoms with Crippen molar-refractivity contribution in [1.82, 2.24) is 14.7 Å². The number of rotatable bonds is 22. The second kappa shape index (κ2) is 19.7. The van der Waals surface area contributed by atoms with E-state index in [1.165, 1.54) is 20.1 Å². The third-order valence-electron chi connectivity index (χ3n) is 10.7. The number of carbonyl (C=O) groups is 3. The first-order valence-electron chi connectivity index (χ1n) is 20.3. The number of halogens is 2. The number of esters is 1. The van der Waals surface area contributed by atoms with Gasteiger partial charge in [0.05, 0.1) is 67.2 Å². The number of hydrogen-bond acceptors (Lipinski definition) is 12. The van der Waals surface area contributed by atoms with Crippen molar-refractivity contribution in [3.63, 3.8) is 0 Å². The van der Waals surface area contributed by atoms with E-state index >= 15 is 8.63 Å². The molecule has 3 heterocycles. The van der Waals surface area contributed by atoms with E-state index in [1.807, 2.05) is 12.1 Å². The van der Waals surface area contributed by atoms with E-state index in [0.29, 0.717) is 34.7 Å². The van der Waals surface area contributed by atoms with E-state index in [1.54, 1.807) is 55.3 Å². The molecule has 0 spiro atoms. The molecule has 1 atom stereocenters. The summed E-state index contributed by atoms with van der Waals surface area (Å²) in [7, 11) is 4.12. The number of nitrogens with one attached hydrogen (secondary N) is 1. The number of quaternary nitrogens is 1. The van der Waals surface area contributed by atoms with Crippen LogP contribution in [-0.4, -0.2) is 147 Å². The monoisotopic (exact) mass is 898 g/mol. The van der Waals surface area contributed by atoms with Gasteiger partial charge in [-0.25, -0.2) is 13.2 Å². The van der Waals surface area contributed by atoms with Crippen molar-refractivity contribution in [2.45, 2.75) is 45.6 Å². The molecule has 1 amide bonds. The molecule has 2 aliphatic rings. The summed E-state index contributed by atoms with van der Waals surface area (Å²) >= 11 is 0. The molecule has 2 aromatic carbocycles. The van der Waals surface area contributed by atoms with Gasteiger partial charge in [-0.15, -0.1) is 0 Å². The first-order valence-corrected chi connectivity index (χ1v) is 21.8. The minimum absolute atomic E-state index is 0.0149. The second-order valence-electron chi connectivity index (χ2n) is 16.6. The van der Waals surface area contributed by atoms with Gasteiger partial charge in [0.2, 0.25) is 5.91 Å². The van der Waals surface area contributed by atoms with Crippen LogP contribution in [0.25, 0.3) is 6.08 Å². The van der Waals surface area contributed by atoms with Crippen LogP contribution in [0.1, 0.15) is 59.1 Å². The lowest BCUT2D eigenvalue weighted by atomic mass is 9.88. The summed E-state index contributed by atoms with van der Waals surface area (Å²) in [4.78, 5) is 50.6. The van der Waals surface area contributed by atoms with Crippen molar-refractivity contribution in [2.24, 2.45) is 0 Å². The van der Waals surface area contributed by atoms with Crippen LogP contribution in [0.2, 0.25) is 0 Å². The van der Waals surface area contributed by atoms with Crippen LogP contribution in [0.4, 0.5) is 14.3 Å². The maximum Gasteiger partial charge on any atom is 0.737 e. The van der Waals surface area contributed by atoms with Gasteiger partial charge in [0.1, 0.15) is 19.3 Å². The highest BCUT2D eigenvalue weighted by molar-refractivity contribution is 7.85. The fourth-order valence-corrected chi connectivity index (χ4v) is 8.18. The standard InChI is InChI=1S/C42H53BF2N6O11S/c1-28-22-32(48-35(28)25-37-31(14-11-19-51(4,5)6)23-36(49(37)43(48,44)45)30-12-9-8-10-13-30)15-16-41(53)46-34(27-63(57,58)59)42(54)62-21-18-47(3)17-20-61-40-26-38(50(55)56)33(29(2)52)24-39(40)60-7/h8-10,12-13,22-26,34H,11,14-21,27H2,1-7H3,(H-,46,53,57,58,59). The van der Waals surface area contributed by atoms with Crippen LogP contribution in [0.5, 0.6) is 11.5 Å². The van der Waals surface area contributed by atoms with E-state index in [4.69, 9.17) is 14.2 Å². The fourth-order valence-electron chi connectivity index (χ4n) is 7.55. The largest absolute Gasteiger partial charge is 0.748 e. The Labute approximate surface area is 365 Å². The lowest BCUT2D eigenvalue weighted by Crippen LogP contribution is -2.51. The molecule has 5 rings (SSSR count). The number of likely N-dealkylation sites (N-methyl/N-ethyl adjacent to an activating group) is 1. The Morgan fingerprint density at radius 1 is 1.03 bits per heavy atom. The van der Waals surface area contributed by atoms with Crippen molar-refractivity contribution in [1.29, 1.82) is 0 Å². The van der Waals surface area contributed by atoms with Crippen LogP contribution in [0.15, 0.2) is 65.9 Å². The average Bonchev–Trinajstić information content (AvgIpc) is 3.73. The lowest BCUT2D eigenvalue weighted by molar-refractivity contribution is -0.870. The van der Waals surface area contributed by atoms with Gasteiger partial charge in [-0.2, -0.15) is 0 Å². The van der Waals surface area contributed by atoms with Gasteiger partial charge in [-0.05, 0) is 63.2 Å². The van der Waals surface area contributed by atoms with Gasteiger partial charge in [-0.1, -0.05) is 18.2 Å². The summed E-state index contributed by atoms with van der Waals surface area (Å²) in [6.07, 6.45) is 4.32. The first-order chi connectivity index (χ1) is 29.5. The number of nitro groups is 1. The number of hydrogen-bond donors (Lipinski definition) is 1. The van der Waals surface area contributed by atoms with Crippen LogP contribution < -0.4 is 14.8 Å². The van der Waals surface area contributed by atoms with E-state index in [0.717, 1.165) is 38.1 Å². The zero-order valence-corrected chi connectivity index (χ0v) is 37.2. The Morgan fingerprint density at radius 2 is 1.71 bits per heavy atom. The molecular weight excluding hydrogens is 845 g/mol. The zero-order valence-electron chi connectivity index (χ0n) is 36.4. The molecule has 63 heavy (non-hydrogen) atoms. The van der Waals surface area contributed by atoms with Gasteiger partial charge in [-0.3, -0.25) is 24.6 Å². The highest BCUT2D eigenvalue weighted by Gasteiger charge is 2.54. The third kappa shape index (κ3) is 12.0.